The van der Waals surface area contributed by atoms with E-state index < -0.39 is 7.32 Å². The summed E-state index contributed by atoms with van der Waals surface area (Å²) in [6.07, 6.45) is 0. The number of rotatable bonds is 6. The van der Waals surface area contributed by atoms with Gasteiger partial charge < -0.3 is 14.7 Å². The zero-order valence-corrected chi connectivity index (χ0v) is 31.7. The van der Waals surface area contributed by atoms with Gasteiger partial charge in [0.2, 0.25) is 0 Å². The molecule has 3 nitrogen and oxygen atoms in total. The lowest BCUT2D eigenvalue weighted by Gasteiger charge is -2.29. The molecule has 0 fully saturated rings. The molecule has 2 N–H and O–H groups in total. The molecular formula is C42H50BO3P. The minimum absolute atomic E-state index is 0. The standard InChI is InChI=1S/C42H47BO3.H3P/c1-22-13-26(5)36(27(6)14-22)34-21-35(46-43(44)45)41(38-30(9)17-24(3)18-31(38)10)42(39-32(11)19-25(4)20-33(39)12)40(34)37-28(7)15-23(2)16-29(37)8;/h13-21,44-45H,1-12H3;1H3. The summed E-state index contributed by atoms with van der Waals surface area (Å²) in [6.45, 7) is 25.9. The predicted octanol–water partition coefficient (Wildman–Crippen LogP) is 10.5. The first-order valence-corrected chi connectivity index (χ1v) is 16.2. The van der Waals surface area contributed by atoms with Crippen LogP contribution in [0.2, 0.25) is 0 Å². The normalized spacial score (nSPS) is 11.0. The van der Waals surface area contributed by atoms with E-state index in [9.17, 15) is 10.0 Å². The summed E-state index contributed by atoms with van der Waals surface area (Å²) in [4.78, 5) is 0. The fourth-order valence-electron chi connectivity index (χ4n) is 8.15. The molecule has 0 heterocycles. The highest BCUT2D eigenvalue weighted by Gasteiger charge is 2.31. The van der Waals surface area contributed by atoms with E-state index in [-0.39, 0.29) is 9.90 Å². The molecule has 0 radical (unpaired) electrons. The maximum atomic E-state index is 10.4. The van der Waals surface area contributed by atoms with Crippen molar-refractivity contribution in [2.75, 3.05) is 0 Å². The third-order valence-corrected chi connectivity index (χ3v) is 9.25. The van der Waals surface area contributed by atoms with Gasteiger partial charge in [0.1, 0.15) is 5.75 Å². The smallest absolute Gasteiger partial charge is 0.511 e. The Kier molecular flexibility index (Phi) is 10.6. The number of hydrogen-bond acceptors (Lipinski definition) is 3. The number of benzene rings is 5. The lowest BCUT2D eigenvalue weighted by atomic mass is 9.75. The Morgan fingerprint density at radius 1 is 0.362 bits per heavy atom. The van der Waals surface area contributed by atoms with Gasteiger partial charge in [0, 0.05) is 11.1 Å². The van der Waals surface area contributed by atoms with Gasteiger partial charge in [-0.15, -0.1) is 0 Å². The third-order valence-electron chi connectivity index (χ3n) is 9.25. The van der Waals surface area contributed by atoms with Gasteiger partial charge in [-0.2, -0.15) is 9.90 Å². The molecule has 0 aromatic heterocycles. The van der Waals surface area contributed by atoms with Crippen molar-refractivity contribution in [3.8, 4) is 50.3 Å². The van der Waals surface area contributed by atoms with Crippen LogP contribution in [0.1, 0.15) is 66.8 Å². The summed E-state index contributed by atoms with van der Waals surface area (Å²) >= 11 is 0. The van der Waals surface area contributed by atoms with Crippen LogP contribution in [0, 0.1) is 83.1 Å². The van der Waals surface area contributed by atoms with Gasteiger partial charge in [0.25, 0.3) is 0 Å². The molecular weight excluding hydrogens is 594 g/mol. The summed E-state index contributed by atoms with van der Waals surface area (Å²) in [5, 5.41) is 20.8. The minimum atomic E-state index is -1.99. The quantitative estimate of drug-likeness (QED) is 0.143. The molecule has 5 aromatic carbocycles. The summed E-state index contributed by atoms with van der Waals surface area (Å²) in [6, 6.07) is 19.9. The van der Waals surface area contributed by atoms with E-state index >= 15 is 0 Å². The van der Waals surface area contributed by atoms with Crippen molar-refractivity contribution in [3.05, 3.63) is 121 Å². The Labute approximate surface area is 285 Å². The molecule has 0 saturated carbocycles. The molecule has 0 aliphatic heterocycles. The van der Waals surface area contributed by atoms with Crippen molar-refractivity contribution >= 4 is 17.2 Å². The average Bonchev–Trinajstić information content (AvgIpc) is 2.88. The summed E-state index contributed by atoms with van der Waals surface area (Å²) in [5.41, 5.74) is 22.6. The maximum Gasteiger partial charge on any atom is 0.707 e. The van der Waals surface area contributed by atoms with E-state index in [1.165, 1.54) is 38.9 Å². The Balaban J connectivity index is 0.00000500. The van der Waals surface area contributed by atoms with E-state index in [0.717, 1.165) is 72.3 Å². The van der Waals surface area contributed by atoms with E-state index in [1.54, 1.807) is 0 Å². The highest BCUT2D eigenvalue weighted by Crippen LogP contribution is 2.54. The molecule has 1 atom stereocenters. The molecule has 0 saturated heterocycles. The van der Waals surface area contributed by atoms with Crippen molar-refractivity contribution in [3.63, 3.8) is 0 Å². The lowest BCUT2D eigenvalue weighted by Crippen LogP contribution is -2.21. The summed E-state index contributed by atoms with van der Waals surface area (Å²) < 4.78 is 6.05. The monoisotopic (exact) mass is 644 g/mol. The van der Waals surface area contributed by atoms with Crippen LogP contribution in [0.5, 0.6) is 5.75 Å². The summed E-state index contributed by atoms with van der Waals surface area (Å²) in [5.74, 6) is 0.444. The van der Waals surface area contributed by atoms with Crippen molar-refractivity contribution in [2.45, 2.75) is 83.1 Å². The van der Waals surface area contributed by atoms with Gasteiger partial charge in [-0.3, -0.25) is 0 Å². The van der Waals surface area contributed by atoms with E-state index in [2.05, 4.69) is 138 Å². The first-order valence-electron chi connectivity index (χ1n) is 16.2. The fourth-order valence-corrected chi connectivity index (χ4v) is 8.15. The average molecular weight is 645 g/mol. The van der Waals surface area contributed by atoms with E-state index in [4.69, 9.17) is 4.65 Å². The van der Waals surface area contributed by atoms with Crippen LogP contribution >= 0.6 is 9.90 Å². The van der Waals surface area contributed by atoms with Crippen molar-refractivity contribution in [1.29, 1.82) is 0 Å². The second-order valence-corrected chi connectivity index (χ2v) is 13.6. The Bertz CT molecular complexity index is 1930. The van der Waals surface area contributed by atoms with Crippen LogP contribution in [-0.4, -0.2) is 17.4 Å². The van der Waals surface area contributed by atoms with Crippen LogP contribution in [-0.2, 0) is 0 Å². The number of aryl methyl sites for hydroxylation is 12. The molecule has 47 heavy (non-hydrogen) atoms. The molecule has 5 aromatic rings. The van der Waals surface area contributed by atoms with Crippen LogP contribution < -0.4 is 4.65 Å². The summed E-state index contributed by atoms with van der Waals surface area (Å²) in [7, 11) is -1.99. The van der Waals surface area contributed by atoms with Gasteiger partial charge >= 0.3 is 7.32 Å². The second-order valence-electron chi connectivity index (χ2n) is 13.6. The zero-order chi connectivity index (χ0) is 33.8. The molecule has 1 unspecified atom stereocenters. The maximum absolute atomic E-state index is 10.4. The molecule has 0 aliphatic carbocycles. The first-order chi connectivity index (χ1) is 21.6. The first kappa shape index (κ1) is 36.2. The Morgan fingerprint density at radius 2 is 0.638 bits per heavy atom. The Hall–Kier alpha value is -3.69. The van der Waals surface area contributed by atoms with Crippen LogP contribution in [0.4, 0.5) is 0 Å². The number of hydrogen-bond donors (Lipinski definition) is 2. The minimum Gasteiger partial charge on any atom is -0.511 e. The molecule has 244 valence electrons. The van der Waals surface area contributed by atoms with Gasteiger partial charge in [-0.25, -0.2) is 0 Å². The van der Waals surface area contributed by atoms with Crippen LogP contribution in [0.25, 0.3) is 44.5 Å². The molecule has 0 bridgehead atoms. The second kappa shape index (κ2) is 13.8. The van der Waals surface area contributed by atoms with Crippen LogP contribution in [0.15, 0.2) is 54.6 Å². The van der Waals surface area contributed by atoms with Crippen LogP contribution in [0.3, 0.4) is 0 Å². The SMILES string of the molecule is Cc1cc(C)c(-c2cc(OB(O)O)c(-c3c(C)cc(C)cc3C)c(-c3c(C)cc(C)cc3C)c2-c2c(C)cc(C)cc2C)c(C)c1.P. The van der Waals surface area contributed by atoms with E-state index in [1.807, 2.05) is 0 Å². The molecule has 5 rings (SSSR count). The van der Waals surface area contributed by atoms with Gasteiger partial charge in [0.15, 0.2) is 0 Å². The van der Waals surface area contributed by atoms with E-state index in [0.29, 0.717) is 5.75 Å². The van der Waals surface area contributed by atoms with Gasteiger partial charge in [-0.05, 0) is 167 Å². The predicted molar refractivity (Wildman–Crippen MR) is 207 cm³/mol. The van der Waals surface area contributed by atoms with Crippen molar-refractivity contribution < 1.29 is 14.7 Å². The largest absolute Gasteiger partial charge is 0.707 e. The lowest BCUT2D eigenvalue weighted by molar-refractivity contribution is 0.289. The molecule has 5 heteroatoms. The highest BCUT2D eigenvalue weighted by atomic mass is 31.0. The molecule has 0 spiro atoms. The topological polar surface area (TPSA) is 49.7 Å². The van der Waals surface area contributed by atoms with Crippen molar-refractivity contribution in [1.82, 2.24) is 0 Å². The highest BCUT2D eigenvalue weighted by molar-refractivity contribution is 6.92. The third kappa shape index (κ3) is 6.83. The zero-order valence-electron chi connectivity index (χ0n) is 30.3. The van der Waals surface area contributed by atoms with Gasteiger partial charge in [0.05, 0.1) is 0 Å². The molecule has 0 amide bonds. The van der Waals surface area contributed by atoms with Crippen molar-refractivity contribution in [2.24, 2.45) is 0 Å². The van der Waals surface area contributed by atoms with Gasteiger partial charge in [-0.1, -0.05) is 70.8 Å². The Morgan fingerprint density at radius 3 is 0.957 bits per heavy atom. The fraction of sp³-hybridized carbons (Fsp3) is 0.286. The molecule has 0 aliphatic rings.